The third-order valence-electron chi connectivity index (χ3n) is 4.43. The molecule has 0 saturated carbocycles. The molecule has 3 rings (SSSR count). The zero-order valence-corrected chi connectivity index (χ0v) is 16.0. The zero-order chi connectivity index (χ0) is 18.7. The van der Waals surface area contributed by atoms with E-state index < -0.39 is 9.84 Å². The Morgan fingerprint density at radius 1 is 1.23 bits per heavy atom. The lowest BCUT2D eigenvalue weighted by molar-refractivity contribution is -0.134. The third kappa shape index (κ3) is 4.19. The van der Waals surface area contributed by atoms with Crippen LogP contribution in [0.5, 0.6) is 5.75 Å². The van der Waals surface area contributed by atoms with E-state index in [0.717, 1.165) is 24.7 Å². The van der Waals surface area contributed by atoms with Crippen LogP contribution in [0.3, 0.4) is 0 Å². The van der Waals surface area contributed by atoms with Crippen molar-refractivity contribution in [3.8, 4) is 5.75 Å². The van der Waals surface area contributed by atoms with Crippen LogP contribution in [0.2, 0.25) is 5.02 Å². The van der Waals surface area contributed by atoms with Crippen LogP contribution in [-0.4, -0.2) is 38.6 Å². The Morgan fingerprint density at radius 3 is 2.73 bits per heavy atom. The SMILES string of the molecule is CS(=O)(=O)c1cccc(OCC(=O)N2CCC[C@@H]2c2ccccc2Cl)c1. The first kappa shape index (κ1) is 18.7. The van der Waals surface area contributed by atoms with E-state index in [9.17, 15) is 13.2 Å². The molecule has 0 aromatic heterocycles. The summed E-state index contributed by atoms with van der Waals surface area (Å²) in [5.74, 6) is 0.215. The van der Waals surface area contributed by atoms with Crippen LogP contribution in [0.15, 0.2) is 53.4 Å². The van der Waals surface area contributed by atoms with E-state index in [1.54, 1.807) is 17.0 Å². The average Bonchev–Trinajstić information content (AvgIpc) is 3.09. The molecule has 1 aliphatic rings. The summed E-state index contributed by atoms with van der Waals surface area (Å²) in [5, 5.41) is 0.652. The van der Waals surface area contributed by atoms with Crippen LogP contribution in [0, 0.1) is 0 Å². The van der Waals surface area contributed by atoms with Gasteiger partial charge in [-0.25, -0.2) is 8.42 Å². The summed E-state index contributed by atoms with van der Waals surface area (Å²) in [6.45, 7) is 0.510. The smallest absolute Gasteiger partial charge is 0.261 e. The molecule has 1 saturated heterocycles. The van der Waals surface area contributed by atoms with Gasteiger partial charge in [-0.3, -0.25) is 4.79 Å². The quantitative estimate of drug-likeness (QED) is 0.780. The van der Waals surface area contributed by atoms with Gasteiger partial charge in [0.15, 0.2) is 16.4 Å². The van der Waals surface area contributed by atoms with Gasteiger partial charge < -0.3 is 9.64 Å². The maximum absolute atomic E-state index is 12.6. The molecule has 7 heteroatoms. The summed E-state index contributed by atoms with van der Waals surface area (Å²) in [7, 11) is -3.32. The second-order valence-electron chi connectivity index (χ2n) is 6.30. The minimum atomic E-state index is -3.32. The van der Waals surface area contributed by atoms with Gasteiger partial charge in [0.2, 0.25) is 0 Å². The molecule has 5 nitrogen and oxygen atoms in total. The first-order valence-corrected chi connectivity index (χ1v) is 10.6. The minimum Gasteiger partial charge on any atom is -0.484 e. The van der Waals surface area contributed by atoms with Crippen molar-refractivity contribution in [1.29, 1.82) is 0 Å². The summed E-state index contributed by atoms with van der Waals surface area (Å²) in [5.41, 5.74) is 0.944. The second kappa shape index (κ2) is 7.68. The number of rotatable bonds is 5. The fraction of sp³-hybridized carbons (Fsp3) is 0.316. The lowest BCUT2D eigenvalue weighted by atomic mass is 10.0. The number of likely N-dealkylation sites (tertiary alicyclic amines) is 1. The lowest BCUT2D eigenvalue weighted by Gasteiger charge is -2.25. The molecular formula is C19H20ClNO4S. The molecule has 138 valence electrons. The lowest BCUT2D eigenvalue weighted by Crippen LogP contribution is -2.34. The standard InChI is InChI=1S/C19H20ClNO4S/c1-26(23,24)15-7-4-6-14(12-15)25-13-19(22)21-11-5-10-18(21)16-8-2-3-9-17(16)20/h2-4,6-9,12,18H,5,10-11,13H2,1H3/t18-/m1/s1. The monoisotopic (exact) mass is 393 g/mol. The van der Waals surface area contributed by atoms with E-state index >= 15 is 0 Å². The number of hydrogen-bond donors (Lipinski definition) is 0. The van der Waals surface area contributed by atoms with Crippen molar-refractivity contribution < 1.29 is 17.9 Å². The van der Waals surface area contributed by atoms with Crippen LogP contribution in [-0.2, 0) is 14.6 Å². The number of halogens is 1. The van der Waals surface area contributed by atoms with Crippen LogP contribution >= 0.6 is 11.6 Å². The largest absolute Gasteiger partial charge is 0.484 e. The summed E-state index contributed by atoms with van der Waals surface area (Å²) < 4.78 is 28.8. The van der Waals surface area contributed by atoms with Crippen LogP contribution in [0.1, 0.15) is 24.4 Å². The number of sulfone groups is 1. The summed E-state index contributed by atoms with van der Waals surface area (Å²) >= 11 is 6.28. The fourth-order valence-corrected chi connectivity index (χ4v) is 4.07. The predicted octanol–water partition coefficient (Wildman–Crippen LogP) is 3.49. The number of amides is 1. The van der Waals surface area contributed by atoms with Gasteiger partial charge in [-0.15, -0.1) is 0 Å². The highest BCUT2D eigenvalue weighted by atomic mass is 35.5. The Balaban J connectivity index is 1.69. The van der Waals surface area contributed by atoms with Gasteiger partial charge in [0.1, 0.15) is 5.75 Å². The number of carbonyl (C=O) groups is 1. The van der Waals surface area contributed by atoms with Gasteiger partial charge >= 0.3 is 0 Å². The first-order valence-electron chi connectivity index (χ1n) is 8.33. The van der Waals surface area contributed by atoms with Gasteiger partial charge in [-0.1, -0.05) is 35.9 Å². The predicted molar refractivity (Wildman–Crippen MR) is 100 cm³/mol. The maximum Gasteiger partial charge on any atom is 0.261 e. The highest BCUT2D eigenvalue weighted by Gasteiger charge is 2.31. The molecule has 26 heavy (non-hydrogen) atoms. The molecule has 1 aliphatic heterocycles. The molecule has 2 aromatic carbocycles. The van der Waals surface area contributed by atoms with E-state index in [2.05, 4.69) is 0 Å². The second-order valence-corrected chi connectivity index (χ2v) is 8.73. The van der Waals surface area contributed by atoms with E-state index in [1.165, 1.54) is 12.1 Å². The normalized spacial score (nSPS) is 17.3. The zero-order valence-electron chi connectivity index (χ0n) is 14.4. The highest BCUT2D eigenvalue weighted by molar-refractivity contribution is 7.90. The molecule has 0 spiro atoms. The molecular weight excluding hydrogens is 374 g/mol. The van der Waals surface area contributed by atoms with Gasteiger partial charge in [0.25, 0.3) is 5.91 Å². The number of hydrogen-bond acceptors (Lipinski definition) is 4. The third-order valence-corrected chi connectivity index (χ3v) is 5.89. The Kier molecular flexibility index (Phi) is 5.53. The summed E-state index contributed by atoms with van der Waals surface area (Å²) in [6, 6.07) is 13.6. The van der Waals surface area contributed by atoms with Crippen molar-refractivity contribution in [1.82, 2.24) is 4.90 Å². The van der Waals surface area contributed by atoms with Gasteiger partial charge in [0, 0.05) is 17.8 Å². The number of ether oxygens (including phenoxy) is 1. The van der Waals surface area contributed by atoms with Crippen LogP contribution in [0.25, 0.3) is 0 Å². The summed E-state index contributed by atoms with van der Waals surface area (Å²) in [6.07, 6.45) is 2.90. The van der Waals surface area contributed by atoms with Crippen molar-refractivity contribution in [3.63, 3.8) is 0 Å². The molecule has 1 fully saturated rings. The molecule has 1 atom stereocenters. The molecule has 0 unspecified atom stereocenters. The van der Waals surface area contributed by atoms with E-state index in [0.29, 0.717) is 17.3 Å². The average molecular weight is 394 g/mol. The molecule has 0 N–H and O–H groups in total. The minimum absolute atomic E-state index is 0.0536. The van der Waals surface area contributed by atoms with Crippen LogP contribution in [0.4, 0.5) is 0 Å². The van der Waals surface area contributed by atoms with Gasteiger partial charge in [-0.2, -0.15) is 0 Å². The molecule has 1 amide bonds. The Bertz CT molecular complexity index is 913. The Labute approximate surface area is 158 Å². The Hall–Kier alpha value is -2.05. The Morgan fingerprint density at radius 2 is 2.00 bits per heavy atom. The number of nitrogens with zero attached hydrogens (tertiary/aromatic N) is 1. The van der Waals surface area contributed by atoms with Crippen molar-refractivity contribution in [2.45, 2.75) is 23.8 Å². The summed E-state index contributed by atoms with van der Waals surface area (Å²) in [4.78, 5) is 14.6. The molecule has 0 aliphatic carbocycles. The van der Waals surface area contributed by atoms with E-state index in [4.69, 9.17) is 16.3 Å². The topological polar surface area (TPSA) is 63.7 Å². The van der Waals surface area contributed by atoms with Crippen molar-refractivity contribution in [2.24, 2.45) is 0 Å². The molecule has 0 radical (unpaired) electrons. The van der Waals surface area contributed by atoms with Crippen molar-refractivity contribution in [3.05, 3.63) is 59.1 Å². The fourth-order valence-electron chi connectivity index (χ4n) is 3.16. The first-order chi connectivity index (χ1) is 12.4. The van der Waals surface area contributed by atoms with Gasteiger partial charge in [0.05, 0.1) is 10.9 Å². The molecule has 0 bridgehead atoms. The molecule has 2 aromatic rings. The highest BCUT2D eigenvalue weighted by Crippen LogP contribution is 2.35. The van der Waals surface area contributed by atoms with E-state index in [1.807, 2.05) is 24.3 Å². The van der Waals surface area contributed by atoms with Crippen molar-refractivity contribution >= 4 is 27.3 Å². The maximum atomic E-state index is 12.6. The van der Waals surface area contributed by atoms with Crippen LogP contribution < -0.4 is 4.74 Å². The van der Waals surface area contributed by atoms with E-state index in [-0.39, 0.29) is 23.5 Å². The number of carbonyl (C=O) groups excluding carboxylic acids is 1. The number of benzene rings is 2. The molecule has 1 heterocycles. The van der Waals surface area contributed by atoms with Gasteiger partial charge in [-0.05, 0) is 42.7 Å². The van der Waals surface area contributed by atoms with Crippen molar-refractivity contribution in [2.75, 3.05) is 19.4 Å².